The van der Waals surface area contributed by atoms with Crippen molar-refractivity contribution in [3.05, 3.63) is 10.7 Å². The van der Waals surface area contributed by atoms with E-state index in [1.807, 2.05) is 11.9 Å². The molecule has 3 rings (SSSR count). The number of halogens is 1. The van der Waals surface area contributed by atoms with Crippen LogP contribution in [0.1, 0.15) is 19.3 Å². The Morgan fingerprint density at radius 2 is 2.14 bits per heavy atom. The topological polar surface area (TPSA) is 61.4 Å². The van der Waals surface area contributed by atoms with Gasteiger partial charge in [0.05, 0.1) is 4.47 Å². The van der Waals surface area contributed by atoms with Crippen molar-refractivity contribution < 1.29 is 4.79 Å². The van der Waals surface area contributed by atoms with Gasteiger partial charge in [-0.2, -0.15) is 4.98 Å². The Morgan fingerprint density at radius 1 is 1.33 bits per heavy atom. The quantitative estimate of drug-likeness (QED) is 0.896. The van der Waals surface area contributed by atoms with Gasteiger partial charge in [0.2, 0.25) is 11.9 Å². The maximum Gasteiger partial charge on any atom is 0.227 e. The number of amides is 1. The van der Waals surface area contributed by atoms with E-state index in [-0.39, 0.29) is 0 Å². The zero-order valence-electron chi connectivity index (χ0n) is 12.2. The summed E-state index contributed by atoms with van der Waals surface area (Å²) >= 11 is 3.42. The second kappa shape index (κ2) is 6.17. The molecule has 1 saturated heterocycles. The monoisotopic (exact) mass is 353 g/mol. The largest absolute Gasteiger partial charge is 0.372 e. The molecule has 6 nitrogen and oxygen atoms in total. The third-order valence-corrected chi connectivity index (χ3v) is 4.57. The summed E-state index contributed by atoms with van der Waals surface area (Å²) in [4.78, 5) is 25.3. The molecule has 114 valence electrons. The summed E-state index contributed by atoms with van der Waals surface area (Å²) in [5.41, 5.74) is 0. The summed E-state index contributed by atoms with van der Waals surface area (Å²) in [5, 5.41) is 3.05. The average molecular weight is 354 g/mol. The van der Waals surface area contributed by atoms with Gasteiger partial charge >= 0.3 is 0 Å². The van der Waals surface area contributed by atoms with Gasteiger partial charge < -0.3 is 15.1 Å². The van der Waals surface area contributed by atoms with Crippen molar-refractivity contribution >= 4 is 33.6 Å². The minimum Gasteiger partial charge on any atom is -0.372 e. The highest BCUT2D eigenvalue weighted by Crippen LogP contribution is 2.31. The number of nitrogens with one attached hydrogen (secondary N) is 1. The first-order valence-electron chi connectivity index (χ1n) is 7.43. The van der Waals surface area contributed by atoms with Crippen molar-refractivity contribution in [3.8, 4) is 0 Å². The Bertz CT molecular complexity index is 534. The number of nitrogens with zero attached hydrogens (tertiary/aromatic N) is 4. The van der Waals surface area contributed by atoms with Gasteiger partial charge in [0.1, 0.15) is 5.82 Å². The molecular formula is C14H20BrN5O. The summed E-state index contributed by atoms with van der Waals surface area (Å²) in [5.74, 6) is 2.15. The lowest BCUT2D eigenvalue weighted by molar-refractivity contribution is -0.132. The van der Waals surface area contributed by atoms with Gasteiger partial charge in [-0.15, -0.1) is 0 Å². The molecule has 0 aromatic carbocycles. The Hall–Kier alpha value is -1.37. The molecule has 0 radical (unpaired) electrons. The van der Waals surface area contributed by atoms with Crippen LogP contribution in [0.5, 0.6) is 0 Å². The molecule has 2 aliphatic rings. The van der Waals surface area contributed by atoms with Gasteiger partial charge in [0.25, 0.3) is 0 Å². The van der Waals surface area contributed by atoms with Crippen LogP contribution in [0.4, 0.5) is 11.8 Å². The van der Waals surface area contributed by atoms with Crippen molar-refractivity contribution in [3.63, 3.8) is 0 Å². The fourth-order valence-corrected chi connectivity index (χ4v) is 3.00. The highest BCUT2D eigenvalue weighted by atomic mass is 79.9. The Kier molecular flexibility index (Phi) is 4.28. The molecule has 1 aromatic heterocycles. The second-order valence-electron chi connectivity index (χ2n) is 5.56. The number of hydrogen-bond acceptors (Lipinski definition) is 5. The van der Waals surface area contributed by atoms with Gasteiger partial charge in [-0.25, -0.2) is 4.98 Å². The van der Waals surface area contributed by atoms with Crippen LogP contribution in [0, 0.1) is 5.92 Å². The third-order valence-electron chi connectivity index (χ3n) is 3.99. The summed E-state index contributed by atoms with van der Waals surface area (Å²) in [7, 11) is 1.84. The smallest absolute Gasteiger partial charge is 0.227 e. The Balaban J connectivity index is 1.68. The number of hydrogen-bond donors (Lipinski definition) is 1. The van der Waals surface area contributed by atoms with Crippen molar-refractivity contribution in [2.45, 2.75) is 19.3 Å². The first kappa shape index (κ1) is 14.6. The lowest BCUT2D eigenvalue weighted by Gasteiger charge is -2.22. The molecule has 1 saturated carbocycles. The van der Waals surface area contributed by atoms with Crippen molar-refractivity contribution in [1.29, 1.82) is 0 Å². The molecule has 1 amide bonds. The normalized spacial score (nSPS) is 19.3. The van der Waals surface area contributed by atoms with Crippen LogP contribution in [-0.2, 0) is 4.79 Å². The maximum absolute atomic E-state index is 12.2. The van der Waals surface area contributed by atoms with Crippen molar-refractivity contribution in [2.24, 2.45) is 5.92 Å². The minimum absolute atomic E-state index is 0.302. The summed E-state index contributed by atoms with van der Waals surface area (Å²) in [6.45, 7) is 3.30. The molecule has 2 fully saturated rings. The minimum atomic E-state index is 0.302. The predicted octanol–water partition coefficient (Wildman–Crippen LogP) is 1.73. The van der Waals surface area contributed by atoms with E-state index >= 15 is 0 Å². The van der Waals surface area contributed by atoms with E-state index in [1.54, 1.807) is 6.20 Å². The zero-order valence-corrected chi connectivity index (χ0v) is 13.8. The van der Waals surface area contributed by atoms with E-state index < -0.39 is 0 Å². The molecule has 1 aliphatic carbocycles. The number of anilines is 2. The summed E-state index contributed by atoms with van der Waals surface area (Å²) in [6.07, 6.45) is 4.87. The van der Waals surface area contributed by atoms with Crippen LogP contribution in [0.15, 0.2) is 10.7 Å². The van der Waals surface area contributed by atoms with Crippen molar-refractivity contribution in [2.75, 3.05) is 43.4 Å². The van der Waals surface area contributed by atoms with Gasteiger partial charge in [-0.05, 0) is 35.2 Å². The molecule has 0 spiro atoms. The van der Waals surface area contributed by atoms with Crippen molar-refractivity contribution in [1.82, 2.24) is 14.9 Å². The first-order valence-corrected chi connectivity index (χ1v) is 8.22. The molecule has 0 bridgehead atoms. The number of carbonyl (C=O) groups is 1. The third kappa shape index (κ3) is 3.28. The highest BCUT2D eigenvalue weighted by molar-refractivity contribution is 9.10. The van der Waals surface area contributed by atoms with Crippen LogP contribution in [-0.4, -0.2) is 54.0 Å². The van der Waals surface area contributed by atoms with E-state index in [1.165, 1.54) is 0 Å². The van der Waals surface area contributed by atoms with Crippen LogP contribution >= 0.6 is 15.9 Å². The lowest BCUT2D eigenvalue weighted by Crippen LogP contribution is -2.36. The Morgan fingerprint density at radius 3 is 2.86 bits per heavy atom. The predicted molar refractivity (Wildman–Crippen MR) is 85.4 cm³/mol. The lowest BCUT2D eigenvalue weighted by atomic mass is 10.3. The highest BCUT2D eigenvalue weighted by Gasteiger charge is 2.34. The van der Waals surface area contributed by atoms with Gasteiger partial charge in [0, 0.05) is 45.3 Å². The van der Waals surface area contributed by atoms with E-state index in [4.69, 9.17) is 0 Å². The zero-order chi connectivity index (χ0) is 14.8. The average Bonchev–Trinajstić information content (AvgIpc) is 3.33. The number of carbonyl (C=O) groups excluding carboxylic acids is 1. The molecule has 2 heterocycles. The summed E-state index contributed by atoms with van der Waals surface area (Å²) < 4.78 is 0.856. The Labute approximate surface area is 133 Å². The van der Waals surface area contributed by atoms with E-state index in [0.29, 0.717) is 11.8 Å². The SMILES string of the molecule is CNc1nc(N2CCCN(C(=O)C3CC3)CC2)ncc1Br. The maximum atomic E-state index is 12.2. The molecule has 0 unspecified atom stereocenters. The number of rotatable bonds is 3. The van der Waals surface area contributed by atoms with Gasteiger partial charge in [-0.3, -0.25) is 4.79 Å². The van der Waals surface area contributed by atoms with E-state index in [9.17, 15) is 4.79 Å². The van der Waals surface area contributed by atoms with Gasteiger partial charge in [-0.1, -0.05) is 0 Å². The molecule has 1 N–H and O–H groups in total. The molecule has 1 aromatic rings. The van der Waals surface area contributed by atoms with Crippen LogP contribution in [0.3, 0.4) is 0 Å². The van der Waals surface area contributed by atoms with E-state index in [0.717, 1.165) is 61.7 Å². The molecule has 1 aliphatic heterocycles. The molecule has 7 heteroatoms. The molecule has 21 heavy (non-hydrogen) atoms. The van der Waals surface area contributed by atoms with Crippen LogP contribution in [0.25, 0.3) is 0 Å². The van der Waals surface area contributed by atoms with Crippen LogP contribution in [0.2, 0.25) is 0 Å². The summed E-state index contributed by atoms with van der Waals surface area (Å²) in [6, 6.07) is 0. The number of aromatic nitrogens is 2. The first-order chi connectivity index (χ1) is 10.2. The van der Waals surface area contributed by atoms with Crippen LogP contribution < -0.4 is 10.2 Å². The standard InChI is InChI=1S/C14H20BrN5O/c1-16-12-11(15)9-17-14(18-12)20-6-2-5-19(7-8-20)13(21)10-3-4-10/h9-10H,2-8H2,1H3,(H,16,17,18). The molecular weight excluding hydrogens is 334 g/mol. The van der Waals surface area contributed by atoms with Gasteiger partial charge in [0.15, 0.2) is 0 Å². The second-order valence-corrected chi connectivity index (χ2v) is 6.41. The molecule has 0 atom stereocenters. The fourth-order valence-electron chi connectivity index (χ4n) is 2.61. The van der Waals surface area contributed by atoms with E-state index in [2.05, 4.69) is 36.1 Å². The fraction of sp³-hybridized carbons (Fsp3) is 0.643.